The Bertz CT molecular complexity index is 1450. The van der Waals surface area contributed by atoms with E-state index < -0.39 is 0 Å². The third-order valence-electron chi connectivity index (χ3n) is 8.28. The van der Waals surface area contributed by atoms with E-state index in [1.807, 2.05) is 12.1 Å². The molecule has 0 saturated carbocycles. The number of allylic oxidation sites excluding steroid dienone is 8. The number of anilines is 1. The minimum atomic E-state index is -0.150. The molecule has 5 heteroatoms. The van der Waals surface area contributed by atoms with Crippen molar-refractivity contribution >= 4 is 51.9 Å². The summed E-state index contributed by atoms with van der Waals surface area (Å²) in [5.41, 5.74) is 9.33. The fraction of sp³-hybridized carbons (Fsp3) is 0.382. The van der Waals surface area contributed by atoms with Crippen molar-refractivity contribution in [3.05, 3.63) is 104 Å². The molecule has 39 heavy (non-hydrogen) atoms. The monoisotopic (exact) mass is 581 g/mol. The Kier molecular flexibility index (Phi) is 8.62. The second kappa shape index (κ2) is 11.3. The van der Waals surface area contributed by atoms with Gasteiger partial charge in [-0.1, -0.05) is 67.7 Å². The normalized spacial score (nSPS) is 19.7. The summed E-state index contributed by atoms with van der Waals surface area (Å²) in [6.45, 7) is 19.4. The predicted octanol–water partition coefficient (Wildman–Crippen LogP) is 10.5. The zero-order chi connectivity index (χ0) is 28.7. The molecule has 0 atom stereocenters. The van der Waals surface area contributed by atoms with Crippen molar-refractivity contribution in [2.24, 2.45) is 0 Å². The van der Waals surface area contributed by atoms with Gasteiger partial charge in [-0.25, -0.2) is 0 Å². The number of fused-ring (bicyclic) bond motifs is 2. The molecule has 2 aromatic carbocycles. The van der Waals surface area contributed by atoms with E-state index in [9.17, 15) is 0 Å². The van der Waals surface area contributed by atoms with Gasteiger partial charge in [-0.2, -0.15) is 4.58 Å². The van der Waals surface area contributed by atoms with Gasteiger partial charge in [-0.15, -0.1) is 0 Å². The maximum absolute atomic E-state index is 7.03. The average Bonchev–Trinajstić information content (AvgIpc) is 3.24. The second-order valence-electron chi connectivity index (χ2n) is 11.4. The van der Waals surface area contributed by atoms with E-state index in [0.717, 1.165) is 45.7 Å². The van der Waals surface area contributed by atoms with Crippen LogP contribution >= 0.6 is 34.8 Å². The highest BCUT2D eigenvalue weighted by Crippen LogP contribution is 2.48. The lowest BCUT2D eigenvalue weighted by Gasteiger charge is -2.26. The highest BCUT2D eigenvalue weighted by molar-refractivity contribution is 6.32. The van der Waals surface area contributed by atoms with E-state index in [2.05, 4.69) is 113 Å². The zero-order valence-electron chi connectivity index (χ0n) is 24.4. The van der Waals surface area contributed by atoms with E-state index in [4.69, 9.17) is 34.8 Å². The molecule has 0 radical (unpaired) electrons. The highest BCUT2D eigenvalue weighted by atomic mass is 35.5. The van der Waals surface area contributed by atoms with E-state index in [1.54, 1.807) is 0 Å². The van der Waals surface area contributed by atoms with Crippen LogP contribution in [0.15, 0.2) is 82.6 Å². The molecule has 0 unspecified atom stereocenters. The first-order chi connectivity index (χ1) is 18.4. The first-order valence-corrected chi connectivity index (χ1v) is 15.0. The van der Waals surface area contributed by atoms with E-state index in [1.165, 1.54) is 33.9 Å². The molecule has 0 saturated heterocycles. The summed E-state index contributed by atoms with van der Waals surface area (Å²) < 4.78 is 2.37. The molecular formula is C34H40Cl3N2+. The first-order valence-electron chi connectivity index (χ1n) is 13.9. The number of nitrogens with zero attached hydrogens (tertiary/aromatic N) is 2. The fourth-order valence-corrected chi connectivity index (χ4v) is 6.64. The smallest absolute Gasteiger partial charge is 0.209 e. The van der Waals surface area contributed by atoms with Crippen LogP contribution in [0.2, 0.25) is 10.0 Å². The van der Waals surface area contributed by atoms with Gasteiger partial charge in [-0.05, 0) is 94.2 Å². The van der Waals surface area contributed by atoms with Crippen LogP contribution in [-0.4, -0.2) is 23.4 Å². The van der Waals surface area contributed by atoms with Crippen LogP contribution in [0.1, 0.15) is 72.9 Å². The standard InChI is InChI=1S/C34H40Cl3N2/c1-9-23(13-19-31-34(7,8)27-21-25(36)15-17-29(27)39(31)11-3)32(37)22(4)12-18-30-33(5,6)26-20-24(35)14-16-28(26)38(30)10-2/h12-21H,9-11H2,1-8H3/q+1. The van der Waals surface area contributed by atoms with Crippen LogP contribution in [-0.2, 0) is 10.8 Å². The third kappa shape index (κ3) is 5.29. The molecule has 0 aliphatic carbocycles. The van der Waals surface area contributed by atoms with Crippen molar-refractivity contribution in [1.29, 1.82) is 0 Å². The highest BCUT2D eigenvalue weighted by Gasteiger charge is 2.44. The first kappa shape index (κ1) is 29.7. The Hall–Kier alpha value is -2.26. The Morgan fingerprint density at radius 2 is 1.56 bits per heavy atom. The number of rotatable bonds is 7. The molecule has 2 aromatic rings. The van der Waals surface area contributed by atoms with Gasteiger partial charge < -0.3 is 4.90 Å². The summed E-state index contributed by atoms with van der Waals surface area (Å²) in [6.07, 6.45) is 9.65. The molecule has 0 spiro atoms. The van der Waals surface area contributed by atoms with E-state index in [-0.39, 0.29) is 10.8 Å². The van der Waals surface area contributed by atoms with Crippen LogP contribution in [0, 0.1) is 0 Å². The quantitative estimate of drug-likeness (QED) is 0.232. The molecule has 2 aliphatic rings. The summed E-state index contributed by atoms with van der Waals surface area (Å²) in [6, 6.07) is 12.4. The van der Waals surface area contributed by atoms with Crippen LogP contribution in [0.4, 0.5) is 11.4 Å². The summed E-state index contributed by atoms with van der Waals surface area (Å²) in [5.74, 6) is 0. The van der Waals surface area contributed by atoms with Crippen LogP contribution in [0.3, 0.4) is 0 Å². The SMILES string of the molecule is CCC(=CC=C1N(CC)c2ccc(Cl)cc2C1(C)C)/C(Cl)=C(\C)C=CC1=[N+](CC)c2ccc(Cl)cc2C1(C)C. The molecule has 0 aromatic heterocycles. The van der Waals surface area contributed by atoms with Gasteiger partial charge in [0.15, 0.2) is 5.71 Å². The molecule has 2 nitrogen and oxygen atoms in total. The third-order valence-corrected chi connectivity index (χ3v) is 9.29. The van der Waals surface area contributed by atoms with Crippen LogP contribution < -0.4 is 4.90 Å². The molecular weight excluding hydrogens is 543 g/mol. The van der Waals surface area contributed by atoms with Crippen molar-refractivity contribution in [3.63, 3.8) is 0 Å². The molecule has 0 bridgehead atoms. The number of benzene rings is 2. The molecule has 2 heterocycles. The maximum atomic E-state index is 7.03. The Labute approximate surface area is 250 Å². The maximum Gasteiger partial charge on any atom is 0.209 e. The number of halogens is 3. The van der Waals surface area contributed by atoms with E-state index >= 15 is 0 Å². The van der Waals surface area contributed by atoms with Crippen molar-refractivity contribution in [1.82, 2.24) is 0 Å². The zero-order valence-corrected chi connectivity index (χ0v) is 26.7. The Morgan fingerprint density at radius 1 is 0.923 bits per heavy atom. The van der Waals surface area contributed by atoms with E-state index in [0.29, 0.717) is 0 Å². The molecule has 0 N–H and O–H groups in total. The van der Waals surface area contributed by atoms with Gasteiger partial charge in [-0.3, -0.25) is 0 Å². The Morgan fingerprint density at radius 3 is 2.18 bits per heavy atom. The van der Waals surface area contributed by atoms with Crippen LogP contribution in [0.25, 0.3) is 0 Å². The fourth-order valence-electron chi connectivity index (χ4n) is 6.03. The summed E-state index contributed by atoms with van der Waals surface area (Å²) in [7, 11) is 0. The van der Waals surface area contributed by atoms with Gasteiger partial charge in [0.1, 0.15) is 6.54 Å². The van der Waals surface area contributed by atoms with Gasteiger partial charge in [0.2, 0.25) is 5.69 Å². The largest absolute Gasteiger partial charge is 0.344 e. The molecule has 4 rings (SSSR count). The van der Waals surface area contributed by atoms with Gasteiger partial charge in [0.05, 0.1) is 5.41 Å². The average molecular weight is 583 g/mol. The van der Waals surface area contributed by atoms with Crippen molar-refractivity contribution in [2.75, 3.05) is 18.0 Å². The van der Waals surface area contributed by atoms with Crippen LogP contribution in [0.5, 0.6) is 0 Å². The predicted molar refractivity (Wildman–Crippen MR) is 172 cm³/mol. The second-order valence-corrected chi connectivity index (χ2v) is 12.6. The topological polar surface area (TPSA) is 6.25 Å². The lowest BCUT2D eigenvalue weighted by Crippen LogP contribution is -2.27. The van der Waals surface area contributed by atoms with Crippen molar-refractivity contribution in [2.45, 2.75) is 72.6 Å². The lowest BCUT2D eigenvalue weighted by molar-refractivity contribution is -0.433. The molecule has 0 fully saturated rings. The minimum Gasteiger partial charge on any atom is -0.344 e. The van der Waals surface area contributed by atoms with Crippen molar-refractivity contribution < 1.29 is 4.58 Å². The van der Waals surface area contributed by atoms with Gasteiger partial charge in [0.25, 0.3) is 0 Å². The number of hydrogen-bond acceptors (Lipinski definition) is 1. The minimum absolute atomic E-state index is 0.150. The van der Waals surface area contributed by atoms with Crippen molar-refractivity contribution in [3.8, 4) is 0 Å². The van der Waals surface area contributed by atoms with Gasteiger partial charge in [0, 0.05) is 56.1 Å². The summed E-state index contributed by atoms with van der Waals surface area (Å²) >= 11 is 19.8. The number of likely N-dealkylation sites (N-methyl/N-ethyl adjacent to an activating group) is 1. The molecule has 2 aliphatic heterocycles. The molecule has 0 amide bonds. The lowest BCUT2D eigenvalue weighted by atomic mass is 9.81. The summed E-state index contributed by atoms with van der Waals surface area (Å²) in [5, 5.41) is 2.34. The van der Waals surface area contributed by atoms with Gasteiger partial charge >= 0.3 is 0 Å². The number of hydrogen-bond donors (Lipinski definition) is 0. The summed E-state index contributed by atoms with van der Waals surface area (Å²) in [4.78, 5) is 2.38. The Balaban J connectivity index is 1.69. The molecule has 206 valence electrons.